The minimum atomic E-state index is -0.471. The van der Waals surface area contributed by atoms with Gasteiger partial charge in [-0.2, -0.15) is 4.98 Å². The third-order valence-corrected chi connectivity index (χ3v) is 4.32. The van der Waals surface area contributed by atoms with Crippen molar-refractivity contribution < 1.29 is 18.8 Å². The van der Waals surface area contributed by atoms with E-state index in [1.807, 2.05) is 18.2 Å². The Hall–Kier alpha value is -3.46. The summed E-state index contributed by atoms with van der Waals surface area (Å²) in [4.78, 5) is 22.7. The highest BCUT2D eigenvalue weighted by molar-refractivity contribution is 5.78. The van der Waals surface area contributed by atoms with Gasteiger partial charge in [0, 0.05) is 18.3 Å². The molecule has 0 radical (unpaired) electrons. The molecule has 2 N–H and O–H groups in total. The number of carbonyl (C=O) groups is 1. The number of anilines is 1. The molecule has 28 heavy (non-hydrogen) atoms. The van der Waals surface area contributed by atoms with E-state index in [1.54, 1.807) is 35.4 Å². The molecule has 0 bridgehead atoms. The molecular formula is C19H19N5O4. The standard InChI is InChI=1S/C19H19N5O4/c20-16-10-13(6-7-21-16)18-22-19(28-23-18)15-11-26-9-8-24(15)17(25)12-27-14-4-2-1-3-5-14/h1-7,10,15H,8-9,11-12H2,(H2,20,21)/t15-/m1/s1. The Morgan fingerprint density at radius 3 is 2.96 bits per heavy atom. The Balaban J connectivity index is 1.48. The van der Waals surface area contributed by atoms with Gasteiger partial charge in [-0.25, -0.2) is 4.98 Å². The van der Waals surface area contributed by atoms with Crippen molar-refractivity contribution in [2.75, 3.05) is 32.1 Å². The number of amides is 1. The highest BCUT2D eigenvalue weighted by Gasteiger charge is 2.33. The van der Waals surface area contributed by atoms with Gasteiger partial charge in [0.15, 0.2) is 6.61 Å². The molecule has 0 saturated carbocycles. The fraction of sp³-hybridized carbons (Fsp3) is 0.263. The first-order chi connectivity index (χ1) is 13.7. The van der Waals surface area contributed by atoms with Crippen molar-refractivity contribution >= 4 is 11.7 Å². The van der Waals surface area contributed by atoms with Crippen LogP contribution in [0.3, 0.4) is 0 Å². The van der Waals surface area contributed by atoms with Gasteiger partial charge in [-0.15, -0.1) is 0 Å². The molecule has 1 aliphatic rings. The van der Waals surface area contributed by atoms with Gasteiger partial charge >= 0.3 is 0 Å². The van der Waals surface area contributed by atoms with Crippen LogP contribution in [0.2, 0.25) is 0 Å². The molecule has 1 saturated heterocycles. The summed E-state index contributed by atoms with van der Waals surface area (Å²) in [6.45, 7) is 1.05. The molecule has 1 fully saturated rings. The van der Waals surface area contributed by atoms with Crippen LogP contribution in [0.15, 0.2) is 53.2 Å². The van der Waals surface area contributed by atoms with Crippen LogP contribution in [0.4, 0.5) is 5.82 Å². The van der Waals surface area contributed by atoms with Crippen molar-refractivity contribution in [1.82, 2.24) is 20.0 Å². The number of benzene rings is 1. The zero-order chi connectivity index (χ0) is 19.3. The van der Waals surface area contributed by atoms with Gasteiger partial charge in [-0.1, -0.05) is 23.4 Å². The Labute approximate surface area is 161 Å². The van der Waals surface area contributed by atoms with E-state index in [0.717, 1.165) is 0 Å². The number of carbonyl (C=O) groups excluding carboxylic acids is 1. The first kappa shape index (κ1) is 17.9. The number of hydrogen-bond donors (Lipinski definition) is 1. The molecule has 9 nitrogen and oxygen atoms in total. The fourth-order valence-electron chi connectivity index (χ4n) is 2.93. The number of hydrogen-bond acceptors (Lipinski definition) is 8. The van der Waals surface area contributed by atoms with E-state index in [9.17, 15) is 4.79 Å². The van der Waals surface area contributed by atoms with E-state index in [1.165, 1.54) is 0 Å². The number of aromatic nitrogens is 3. The molecule has 1 atom stereocenters. The van der Waals surface area contributed by atoms with Crippen molar-refractivity contribution in [2.24, 2.45) is 0 Å². The van der Waals surface area contributed by atoms with Crippen LogP contribution < -0.4 is 10.5 Å². The van der Waals surface area contributed by atoms with Crippen molar-refractivity contribution in [1.29, 1.82) is 0 Å². The zero-order valence-electron chi connectivity index (χ0n) is 15.0. The summed E-state index contributed by atoms with van der Waals surface area (Å²) in [5, 5.41) is 4.00. The second-order valence-electron chi connectivity index (χ2n) is 6.21. The summed E-state index contributed by atoms with van der Waals surface area (Å²) >= 11 is 0. The lowest BCUT2D eigenvalue weighted by molar-refractivity contribution is -0.143. The number of nitrogens with two attached hydrogens (primary N) is 1. The van der Waals surface area contributed by atoms with Crippen LogP contribution in [0.25, 0.3) is 11.4 Å². The number of pyridine rings is 1. The highest BCUT2D eigenvalue weighted by atomic mass is 16.5. The van der Waals surface area contributed by atoms with Crippen LogP contribution in [0.1, 0.15) is 11.9 Å². The molecule has 4 rings (SSSR count). The Morgan fingerprint density at radius 2 is 2.14 bits per heavy atom. The Kier molecular flexibility index (Phi) is 5.16. The quantitative estimate of drug-likeness (QED) is 0.710. The Bertz CT molecular complexity index is 946. The van der Waals surface area contributed by atoms with Crippen molar-refractivity contribution in [3.05, 3.63) is 54.6 Å². The van der Waals surface area contributed by atoms with Crippen LogP contribution in [-0.2, 0) is 9.53 Å². The summed E-state index contributed by atoms with van der Waals surface area (Å²) in [6, 6.07) is 12.1. The molecule has 1 amide bonds. The third-order valence-electron chi connectivity index (χ3n) is 4.32. The van der Waals surface area contributed by atoms with Crippen molar-refractivity contribution in [2.45, 2.75) is 6.04 Å². The number of morpholine rings is 1. The average Bonchev–Trinajstić information content (AvgIpc) is 3.23. The third kappa shape index (κ3) is 3.94. The Morgan fingerprint density at radius 1 is 1.29 bits per heavy atom. The first-order valence-electron chi connectivity index (χ1n) is 8.81. The topological polar surface area (TPSA) is 117 Å². The van der Waals surface area contributed by atoms with Gasteiger partial charge in [0.1, 0.15) is 17.6 Å². The number of ether oxygens (including phenoxy) is 2. The number of rotatable bonds is 5. The highest BCUT2D eigenvalue weighted by Crippen LogP contribution is 2.26. The lowest BCUT2D eigenvalue weighted by atomic mass is 10.2. The number of nitrogen functional groups attached to an aromatic ring is 1. The molecule has 0 aliphatic carbocycles. The maximum absolute atomic E-state index is 12.7. The summed E-state index contributed by atoms with van der Waals surface area (Å²) in [5.41, 5.74) is 6.39. The largest absolute Gasteiger partial charge is 0.484 e. The second kappa shape index (κ2) is 8.05. The molecule has 2 aromatic heterocycles. The van der Waals surface area contributed by atoms with Crippen molar-refractivity contribution in [3.63, 3.8) is 0 Å². The first-order valence-corrected chi connectivity index (χ1v) is 8.81. The van der Waals surface area contributed by atoms with E-state index in [-0.39, 0.29) is 19.1 Å². The normalized spacial score (nSPS) is 16.7. The van der Waals surface area contributed by atoms with Gasteiger partial charge in [-0.3, -0.25) is 4.79 Å². The predicted molar refractivity (Wildman–Crippen MR) is 99.2 cm³/mol. The number of para-hydroxylation sites is 1. The second-order valence-corrected chi connectivity index (χ2v) is 6.21. The molecule has 144 valence electrons. The van der Waals surface area contributed by atoms with Crippen molar-refractivity contribution in [3.8, 4) is 17.1 Å². The van der Waals surface area contributed by atoms with E-state index >= 15 is 0 Å². The van der Waals surface area contributed by atoms with Gasteiger partial charge < -0.3 is 24.6 Å². The van der Waals surface area contributed by atoms with E-state index in [2.05, 4.69) is 15.1 Å². The average molecular weight is 381 g/mol. The van der Waals surface area contributed by atoms with Crippen LogP contribution >= 0.6 is 0 Å². The predicted octanol–water partition coefficient (Wildman–Crippen LogP) is 1.69. The van der Waals surface area contributed by atoms with E-state index < -0.39 is 6.04 Å². The maximum Gasteiger partial charge on any atom is 0.261 e. The van der Waals surface area contributed by atoms with Crippen LogP contribution in [-0.4, -0.2) is 52.3 Å². The molecule has 3 heterocycles. The zero-order valence-corrected chi connectivity index (χ0v) is 15.0. The molecule has 0 spiro atoms. The number of nitrogens with zero attached hydrogens (tertiary/aromatic N) is 4. The summed E-state index contributed by atoms with van der Waals surface area (Å²) in [7, 11) is 0. The molecule has 9 heteroatoms. The molecule has 0 unspecified atom stereocenters. The maximum atomic E-state index is 12.7. The van der Waals surface area contributed by atoms with Gasteiger partial charge in [0.05, 0.1) is 13.2 Å². The lowest BCUT2D eigenvalue weighted by Crippen LogP contribution is -2.45. The SMILES string of the molecule is Nc1cc(-c2noc([C@H]3COCCN3C(=O)COc3ccccc3)n2)ccn1. The van der Waals surface area contributed by atoms with Crippen LogP contribution in [0.5, 0.6) is 5.75 Å². The monoisotopic (exact) mass is 381 g/mol. The van der Waals surface area contributed by atoms with Crippen LogP contribution in [0, 0.1) is 0 Å². The molecule has 3 aromatic rings. The molecule has 1 aromatic carbocycles. The van der Waals surface area contributed by atoms with Gasteiger partial charge in [0.25, 0.3) is 11.8 Å². The van der Waals surface area contributed by atoms with Gasteiger partial charge in [-0.05, 0) is 24.3 Å². The van der Waals surface area contributed by atoms with E-state index in [0.29, 0.717) is 42.0 Å². The van der Waals surface area contributed by atoms with Gasteiger partial charge in [0.2, 0.25) is 5.82 Å². The molecule has 1 aliphatic heterocycles. The lowest BCUT2D eigenvalue weighted by Gasteiger charge is -2.33. The summed E-state index contributed by atoms with van der Waals surface area (Å²) in [5.74, 6) is 1.50. The minimum absolute atomic E-state index is 0.0810. The fourth-order valence-corrected chi connectivity index (χ4v) is 2.93. The summed E-state index contributed by atoms with van der Waals surface area (Å²) in [6.07, 6.45) is 1.57. The minimum Gasteiger partial charge on any atom is -0.484 e. The van der Waals surface area contributed by atoms with E-state index in [4.69, 9.17) is 19.7 Å². The molecular weight excluding hydrogens is 362 g/mol. The smallest absolute Gasteiger partial charge is 0.261 e. The summed E-state index contributed by atoms with van der Waals surface area (Å²) < 4.78 is 16.5.